The van der Waals surface area contributed by atoms with Crippen LogP contribution < -0.4 is 16.4 Å². The van der Waals surface area contributed by atoms with Crippen molar-refractivity contribution in [3.8, 4) is 12.3 Å². The van der Waals surface area contributed by atoms with Crippen LogP contribution in [0.1, 0.15) is 88.6 Å². The number of carbonyl (C=O) groups excluding carboxylic acids is 2. The molecular formula is C38H60N4O6. The maximum Gasteiger partial charge on any atom is 0.278 e. The lowest BCUT2D eigenvalue weighted by Crippen LogP contribution is -2.26. The molecule has 0 bridgehead atoms. The number of hydrogen-bond acceptors (Lipinski definition) is 7. The summed E-state index contributed by atoms with van der Waals surface area (Å²) < 4.78 is 21.5. The number of nitrogens with zero attached hydrogens (tertiary/aromatic N) is 1. The monoisotopic (exact) mass is 668 g/mol. The summed E-state index contributed by atoms with van der Waals surface area (Å²) in [6, 6.07) is 7.69. The van der Waals surface area contributed by atoms with Gasteiger partial charge in [0.15, 0.2) is 0 Å². The molecule has 268 valence electrons. The maximum atomic E-state index is 13.1. The van der Waals surface area contributed by atoms with E-state index in [1.807, 2.05) is 51.1 Å². The van der Waals surface area contributed by atoms with E-state index in [9.17, 15) is 9.59 Å². The molecule has 1 aromatic rings. The Labute approximate surface area is 289 Å². The minimum atomic E-state index is -0.257. The number of aryl methyl sites for hydroxylation is 1. The normalized spacial score (nSPS) is 12.5. The van der Waals surface area contributed by atoms with Gasteiger partial charge < -0.3 is 35.3 Å². The molecule has 1 aromatic carbocycles. The van der Waals surface area contributed by atoms with Crippen molar-refractivity contribution >= 4 is 17.6 Å². The zero-order valence-electron chi connectivity index (χ0n) is 29.9. The number of rotatable bonds is 28. The maximum absolute atomic E-state index is 13.1. The third kappa shape index (κ3) is 20.1. The van der Waals surface area contributed by atoms with Crippen LogP contribution in [0.2, 0.25) is 0 Å². The van der Waals surface area contributed by atoms with Crippen molar-refractivity contribution in [3.63, 3.8) is 0 Å². The minimum absolute atomic E-state index is 0.0755. The van der Waals surface area contributed by atoms with Crippen LogP contribution in [0.15, 0.2) is 52.1 Å². The summed E-state index contributed by atoms with van der Waals surface area (Å²) in [7, 11) is 0. The number of allylic oxidation sites excluding steroid dienone is 2. The first kappa shape index (κ1) is 42.7. The van der Waals surface area contributed by atoms with Crippen molar-refractivity contribution in [2.45, 2.75) is 79.1 Å². The number of ether oxygens (including phenoxy) is 4. The van der Waals surface area contributed by atoms with E-state index in [0.29, 0.717) is 89.2 Å². The third-order valence-electron chi connectivity index (χ3n) is 7.38. The van der Waals surface area contributed by atoms with Crippen molar-refractivity contribution in [3.05, 3.63) is 58.2 Å². The van der Waals surface area contributed by atoms with Crippen LogP contribution in [0.25, 0.3) is 0 Å². The number of terminal acetylenes is 1. The Morgan fingerprint density at radius 2 is 1.46 bits per heavy atom. The highest BCUT2D eigenvalue weighted by atomic mass is 16.6. The van der Waals surface area contributed by atoms with Crippen LogP contribution in [0.4, 0.5) is 0 Å². The Bertz CT molecular complexity index is 1170. The summed E-state index contributed by atoms with van der Waals surface area (Å²) in [4.78, 5) is 30.0. The quantitative estimate of drug-likeness (QED) is 0.0279. The van der Waals surface area contributed by atoms with Gasteiger partial charge in [-0.3, -0.25) is 9.59 Å². The molecule has 0 heterocycles. The number of aliphatic imine (C=N–C) groups is 1. The molecule has 1 rings (SSSR count). The number of carbonyl (C=O) groups is 2. The molecule has 0 saturated heterocycles. The number of amidine groups is 1. The first-order valence-electron chi connectivity index (χ1n) is 17.4. The summed E-state index contributed by atoms with van der Waals surface area (Å²) in [5, 5.41) is 6.36. The third-order valence-corrected chi connectivity index (χ3v) is 7.38. The van der Waals surface area contributed by atoms with Crippen LogP contribution in [-0.4, -0.2) is 90.1 Å². The smallest absolute Gasteiger partial charge is 0.278 e. The van der Waals surface area contributed by atoms with Gasteiger partial charge in [-0.15, -0.1) is 6.42 Å². The number of nitrogens with two attached hydrogens (primary N) is 1. The lowest BCUT2D eigenvalue weighted by Gasteiger charge is -2.14. The Kier molecular flexibility index (Phi) is 25.5. The molecule has 0 radical (unpaired) electrons. The fraction of sp³-hybridized carbons (Fsp3) is 0.605. The summed E-state index contributed by atoms with van der Waals surface area (Å²) >= 11 is 0. The van der Waals surface area contributed by atoms with E-state index >= 15 is 0 Å². The number of nitrogens with one attached hydrogen (secondary N) is 2. The number of hydrogen-bond donors (Lipinski definition) is 3. The fourth-order valence-electron chi connectivity index (χ4n) is 4.85. The minimum Gasteiger partial charge on any atom is -0.387 e. The largest absolute Gasteiger partial charge is 0.387 e. The van der Waals surface area contributed by atoms with Gasteiger partial charge in [-0.1, -0.05) is 50.0 Å². The summed E-state index contributed by atoms with van der Waals surface area (Å²) in [6.07, 6.45) is 13.6. The van der Waals surface area contributed by atoms with Crippen molar-refractivity contribution in [2.24, 2.45) is 10.7 Å². The van der Waals surface area contributed by atoms with Gasteiger partial charge in [-0.2, -0.15) is 4.99 Å². The Balaban J connectivity index is 2.27. The Morgan fingerprint density at radius 1 is 0.854 bits per heavy atom. The molecule has 4 N–H and O–H groups in total. The van der Waals surface area contributed by atoms with Crippen molar-refractivity contribution in [2.75, 3.05) is 72.5 Å². The van der Waals surface area contributed by atoms with Gasteiger partial charge in [0.25, 0.3) is 11.8 Å². The number of benzene rings is 1. The van der Waals surface area contributed by atoms with E-state index in [-0.39, 0.29) is 11.8 Å². The predicted octanol–water partition coefficient (Wildman–Crippen LogP) is 5.17. The molecule has 0 aliphatic carbocycles. The highest BCUT2D eigenvalue weighted by Crippen LogP contribution is 2.25. The molecule has 0 atom stereocenters. The molecular weight excluding hydrogens is 608 g/mol. The molecule has 0 spiro atoms. The van der Waals surface area contributed by atoms with Gasteiger partial charge in [0.2, 0.25) is 0 Å². The molecule has 10 heteroatoms. The first-order chi connectivity index (χ1) is 23.4. The van der Waals surface area contributed by atoms with Gasteiger partial charge in [-0.25, -0.2) is 0 Å². The van der Waals surface area contributed by atoms with Gasteiger partial charge in [0.05, 0.1) is 46.2 Å². The van der Waals surface area contributed by atoms with Gasteiger partial charge >= 0.3 is 0 Å². The van der Waals surface area contributed by atoms with Gasteiger partial charge in [0, 0.05) is 30.6 Å². The van der Waals surface area contributed by atoms with E-state index in [0.717, 1.165) is 68.3 Å². The second-order valence-electron chi connectivity index (χ2n) is 11.4. The van der Waals surface area contributed by atoms with E-state index in [2.05, 4.69) is 28.5 Å². The Hall–Kier alpha value is -3.33. The lowest BCUT2D eigenvalue weighted by molar-refractivity contribution is -0.114. The topological polar surface area (TPSA) is 134 Å². The predicted molar refractivity (Wildman–Crippen MR) is 194 cm³/mol. The average Bonchev–Trinajstić information content (AvgIpc) is 3.07. The highest BCUT2D eigenvalue weighted by Gasteiger charge is 2.17. The van der Waals surface area contributed by atoms with Crippen molar-refractivity contribution < 1.29 is 28.5 Å². The van der Waals surface area contributed by atoms with E-state index < -0.39 is 0 Å². The molecule has 0 saturated carbocycles. The van der Waals surface area contributed by atoms with E-state index in [4.69, 9.17) is 31.1 Å². The van der Waals surface area contributed by atoms with Crippen LogP contribution in [0.5, 0.6) is 0 Å². The van der Waals surface area contributed by atoms with Gasteiger partial charge in [-0.05, 0) is 82.2 Å². The molecule has 0 aromatic heterocycles. The first-order valence-corrected chi connectivity index (χ1v) is 17.4. The second kappa shape index (κ2) is 28.7. The van der Waals surface area contributed by atoms with E-state index in [1.54, 1.807) is 0 Å². The average molecular weight is 669 g/mol. The van der Waals surface area contributed by atoms with Crippen LogP contribution in [0.3, 0.4) is 0 Å². The second-order valence-corrected chi connectivity index (χ2v) is 11.4. The standard InChI is InChI=1S/C38H60N4O6/c1-6-12-31(5)36(38(44)42-35(39)13-7-2)33(9-4)17-14-32-15-18-34(19-16-32)37(43)41-21-11-10-20-40-22-24-46-26-28-48-30-29-47-27-25-45-23-8-3/h3,9,15-16,18-19,40H,6-7,10-14,17,20-30H2,1-2,4-5H3,(H,41,43)(H2,39,42,44)/b33-9-,36-31+. The fourth-order valence-corrected chi connectivity index (χ4v) is 4.85. The van der Waals surface area contributed by atoms with Crippen molar-refractivity contribution in [1.29, 1.82) is 0 Å². The van der Waals surface area contributed by atoms with Crippen LogP contribution >= 0.6 is 0 Å². The summed E-state index contributed by atoms with van der Waals surface area (Å²) in [6.45, 7) is 14.3. The number of amides is 2. The highest BCUT2D eigenvalue weighted by molar-refractivity contribution is 6.05. The van der Waals surface area contributed by atoms with Gasteiger partial charge in [0.1, 0.15) is 12.4 Å². The van der Waals surface area contributed by atoms with Crippen LogP contribution in [0, 0.1) is 12.3 Å². The SMILES string of the molecule is C#CCOCCOCCOCCOCCNCCCCNC(=O)c1ccc(CCC(=C/C)/C(C(=O)N=C(N)CCC)=C(/C)CCC)cc1. The van der Waals surface area contributed by atoms with Crippen molar-refractivity contribution in [1.82, 2.24) is 10.6 Å². The lowest BCUT2D eigenvalue weighted by atomic mass is 9.92. The van der Waals surface area contributed by atoms with Crippen LogP contribution in [-0.2, 0) is 30.2 Å². The molecule has 2 amide bonds. The molecule has 0 fully saturated rings. The molecule has 0 aliphatic heterocycles. The molecule has 10 nitrogen and oxygen atoms in total. The summed E-state index contributed by atoms with van der Waals surface area (Å²) in [5.41, 5.74) is 10.4. The molecule has 48 heavy (non-hydrogen) atoms. The van der Waals surface area contributed by atoms with E-state index in [1.165, 1.54) is 0 Å². The number of unbranched alkanes of at least 4 members (excludes halogenated alkanes) is 1. The molecule has 0 unspecified atom stereocenters. The molecule has 0 aliphatic rings. The Morgan fingerprint density at radius 3 is 2.06 bits per heavy atom. The zero-order chi connectivity index (χ0) is 35.2. The zero-order valence-corrected chi connectivity index (χ0v) is 29.9. The summed E-state index contributed by atoms with van der Waals surface area (Å²) in [5.74, 6) is 2.45.